The molecule has 3 N–H and O–H groups in total. The maximum Gasteiger partial charge on any atom is 0.408 e. The SMILES string of the molecule is CC(C)(C)OC(=O)N[C@@H](CC1CC[NH2+]CC1)C(=O)[O-]. The first-order valence-corrected chi connectivity index (χ1v) is 6.80. The Bertz CT molecular complexity index is 319. The Kier molecular flexibility index (Phi) is 5.60. The molecule has 1 fully saturated rings. The summed E-state index contributed by atoms with van der Waals surface area (Å²) < 4.78 is 5.06. The van der Waals surface area contributed by atoms with Gasteiger partial charge < -0.3 is 25.3 Å². The van der Waals surface area contributed by atoms with Crippen molar-refractivity contribution in [2.24, 2.45) is 5.92 Å². The molecule has 0 aliphatic carbocycles. The van der Waals surface area contributed by atoms with Crippen LogP contribution in [0.3, 0.4) is 0 Å². The number of carboxylic acids is 1. The van der Waals surface area contributed by atoms with E-state index in [-0.39, 0.29) is 0 Å². The molecular weight excluding hydrogens is 248 g/mol. The van der Waals surface area contributed by atoms with E-state index < -0.39 is 23.7 Å². The van der Waals surface area contributed by atoms with Crippen LogP contribution in [0, 0.1) is 5.92 Å². The predicted octanol–water partition coefficient (Wildman–Crippen LogP) is -1.01. The van der Waals surface area contributed by atoms with Gasteiger partial charge in [-0.25, -0.2) is 4.79 Å². The number of piperidine rings is 1. The van der Waals surface area contributed by atoms with Crippen molar-refractivity contribution in [3.05, 3.63) is 0 Å². The molecule has 0 saturated carbocycles. The number of hydrogen-bond donors (Lipinski definition) is 2. The van der Waals surface area contributed by atoms with Crippen LogP contribution in [0.1, 0.15) is 40.0 Å². The van der Waals surface area contributed by atoms with E-state index in [0.717, 1.165) is 25.9 Å². The van der Waals surface area contributed by atoms with Crippen LogP contribution >= 0.6 is 0 Å². The monoisotopic (exact) mass is 272 g/mol. The van der Waals surface area contributed by atoms with Crippen molar-refractivity contribution in [3.8, 4) is 0 Å². The van der Waals surface area contributed by atoms with Gasteiger partial charge in [0.05, 0.1) is 25.1 Å². The molecule has 6 nitrogen and oxygen atoms in total. The zero-order valence-corrected chi connectivity index (χ0v) is 11.9. The smallest absolute Gasteiger partial charge is 0.408 e. The molecule has 6 heteroatoms. The molecule has 1 aliphatic rings. The summed E-state index contributed by atoms with van der Waals surface area (Å²) in [4.78, 5) is 22.7. The van der Waals surface area contributed by atoms with Crippen molar-refractivity contribution >= 4 is 12.1 Å². The number of nitrogens with one attached hydrogen (secondary N) is 1. The van der Waals surface area contributed by atoms with Crippen LogP contribution in [0.5, 0.6) is 0 Å². The van der Waals surface area contributed by atoms with Crippen LogP contribution in [-0.2, 0) is 9.53 Å². The number of amides is 1. The van der Waals surface area contributed by atoms with Gasteiger partial charge >= 0.3 is 6.09 Å². The molecule has 0 aromatic heterocycles. The zero-order chi connectivity index (χ0) is 14.5. The Balaban J connectivity index is 2.48. The van der Waals surface area contributed by atoms with Crippen LogP contribution in [0.4, 0.5) is 4.79 Å². The molecule has 0 spiro atoms. The number of nitrogens with two attached hydrogens (primary N) is 1. The van der Waals surface area contributed by atoms with Gasteiger partial charge in [-0.2, -0.15) is 0 Å². The van der Waals surface area contributed by atoms with Crippen LogP contribution in [0.2, 0.25) is 0 Å². The van der Waals surface area contributed by atoms with Gasteiger partial charge in [-0.15, -0.1) is 0 Å². The first kappa shape index (κ1) is 15.8. The van der Waals surface area contributed by atoms with Gasteiger partial charge in [-0.1, -0.05) is 0 Å². The third kappa shape index (κ3) is 6.42. The molecule has 0 aromatic carbocycles. The lowest BCUT2D eigenvalue weighted by atomic mass is 9.91. The molecule has 19 heavy (non-hydrogen) atoms. The molecule has 1 rings (SSSR count). The Hall–Kier alpha value is -1.30. The topological polar surface area (TPSA) is 95.1 Å². The summed E-state index contributed by atoms with van der Waals surface area (Å²) in [5.74, 6) is -0.928. The average Bonchev–Trinajstić information content (AvgIpc) is 2.26. The molecule has 0 radical (unpaired) electrons. The number of quaternary nitrogens is 1. The molecule has 0 unspecified atom stereocenters. The first-order chi connectivity index (χ1) is 8.78. The van der Waals surface area contributed by atoms with Gasteiger partial charge in [-0.3, -0.25) is 0 Å². The maximum atomic E-state index is 11.6. The summed E-state index contributed by atoms with van der Waals surface area (Å²) >= 11 is 0. The van der Waals surface area contributed by atoms with E-state index in [0.29, 0.717) is 12.3 Å². The highest BCUT2D eigenvalue weighted by Gasteiger charge is 2.24. The van der Waals surface area contributed by atoms with Crippen molar-refractivity contribution in [3.63, 3.8) is 0 Å². The second-order valence-corrected chi connectivity index (χ2v) is 6.06. The van der Waals surface area contributed by atoms with Crippen molar-refractivity contribution in [1.29, 1.82) is 0 Å². The fourth-order valence-electron chi connectivity index (χ4n) is 2.23. The predicted molar refractivity (Wildman–Crippen MR) is 67.2 cm³/mol. The lowest BCUT2D eigenvalue weighted by molar-refractivity contribution is -0.664. The lowest BCUT2D eigenvalue weighted by Crippen LogP contribution is -2.86. The van der Waals surface area contributed by atoms with E-state index in [9.17, 15) is 14.7 Å². The van der Waals surface area contributed by atoms with E-state index >= 15 is 0 Å². The number of carbonyl (C=O) groups is 2. The van der Waals surface area contributed by atoms with Crippen LogP contribution in [0.25, 0.3) is 0 Å². The van der Waals surface area contributed by atoms with Gasteiger partial charge in [0.2, 0.25) is 0 Å². The van der Waals surface area contributed by atoms with Crippen LogP contribution in [-0.4, -0.2) is 36.8 Å². The number of hydrogen-bond acceptors (Lipinski definition) is 4. The van der Waals surface area contributed by atoms with E-state index in [2.05, 4.69) is 10.6 Å². The third-order valence-corrected chi connectivity index (χ3v) is 3.10. The van der Waals surface area contributed by atoms with Crippen LogP contribution < -0.4 is 15.7 Å². The summed E-state index contributed by atoms with van der Waals surface area (Å²) in [7, 11) is 0. The number of carbonyl (C=O) groups excluding carboxylic acids is 2. The van der Waals surface area contributed by atoms with E-state index in [1.165, 1.54) is 0 Å². The van der Waals surface area contributed by atoms with E-state index in [4.69, 9.17) is 4.74 Å². The second-order valence-electron chi connectivity index (χ2n) is 6.06. The van der Waals surface area contributed by atoms with Gasteiger partial charge in [0, 0.05) is 0 Å². The molecule has 0 bridgehead atoms. The van der Waals surface area contributed by atoms with E-state index in [1.54, 1.807) is 20.8 Å². The normalized spacial score (nSPS) is 18.7. The van der Waals surface area contributed by atoms with Crippen molar-refractivity contribution in [2.75, 3.05) is 13.1 Å². The molecule has 1 aliphatic heterocycles. The highest BCUT2D eigenvalue weighted by atomic mass is 16.6. The van der Waals surface area contributed by atoms with Gasteiger partial charge in [0.1, 0.15) is 5.60 Å². The summed E-state index contributed by atoms with van der Waals surface area (Å²) in [5, 5.41) is 15.7. The highest BCUT2D eigenvalue weighted by molar-refractivity contribution is 5.78. The van der Waals surface area contributed by atoms with Crippen LogP contribution in [0.15, 0.2) is 0 Å². The van der Waals surface area contributed by atoms with Crippen molar-refractivity contribution < 1.29 is 24.7 Å². The molecule has 1 amide bonds. The fraction of sp³-hybridized carbons (Fsp3) is 0.846. The summed E-state index contributed by atoms with van der Waals surface area (Å²) in [6.45, 7) is 7.22. The van der Waals surface area contributed by atoms with E-state index in [1.807, 2.05) is 0 Å². The largest absolute Gasteiger partial charge is 0.548 e. The first-order valence-electron chi connectivity index (χ1n) is 6.80. The highest BCUT2D eigenvalue weighted by Crippen LogP contribution is 2.16. The number of ether oxygens (including phenoxy) is 1. The standard InChI is InChI=1S/C13H24N2O4/c1-13(2,3)19-12(18)15-10(11(16)17)8-9-4-6-14-7-5-9/h9-10,14H,4-8H2,1-3H3,(H,15,18)(H,16,17)/t10-/m0/s1. The number of alkyl carbamates (subject to hydrolysis) is 1. The van der Waals surface area contributed by atoms with Gasteiger partial charge in [-0.05, 0) is 46.0 Å². The average molecular weight is 272 g/mol. The molecular formula is C13H24N2O4. The Morgan fingerprint density at radius 2 is 1.95 bits per heavy atom. The Morgan fingerprint density at radius 3 is 2.42 bits per heavy atom. The fourth-order valence-corrected chi connectivity index (χ4v) is 2.23. The molecule has 1 heterocycles. The van der Waals surface area contributed by atoms with Gasteiger partial charge in [0.25, 0.3) is 0 Å². The molecule has 110 valence electrons. The second kappa shape index (κ2) is 6.75. The minimum atomic E-state index is -1.25. The zero-order valence-electron chi connectivity index (χ0n) is 11.9. The molecule has 1 atom stereocenters. The minimum Gasteiger partial charge on any atom is -0.548 e. The Morgan fingerprint density at radius 1 is 1.37 bits per heavy atom. The minimum absolute atomic E-state index is 0.322. The number of aliphatic carboxylic acids is 1. The number of rotatable bonds is 4. The van der Waals surface area contributed by atoms with Gasteiger partial charge in [0.15, 0.2) is 0 Å². The molecule has 1 saturated heterocycles. The lowest BCUT2D eigenvalue weighted by Gasteiger charge is -2.28. The molecule has 0 aromatic rings. The number of carboxylic acid groups (broad SMARTS) is 1. The van der Waals surface area contributed by atoms with Crippen molar-refractivity contribution in [1.82, 2.24) is 5.32 Å². The quantitative estimate of drug-likeness (QED) is 0.686. The Labute approximate surface area is 113 Å². The van der Waals surface area contributed by atoms with Crippen molar-refractivity contribution in [2.45, 2.75) is 51.7 Å². The summed E-state index contributed by atoms with van der Waals surface area (Å²) in [5.41, 5.74) is -0.639. The summed E-state index contributed by atoms with van der Waals surface area (Å²) in [6.07, 6.45) is 1.65. The summed E-state index contributed by atoms with van der Waals surface area (Å²) in [6, 6.07) is -0.974. The third-order valence-electron chi connectivity index (χ3n) is 3.10. The maximum absolute atomic E-state index is 11.6.